The fourth-order valence-electron chi connectivity index (χ4n) is 2.34. The van der Waals surface area contributed by atoms with Crippen molar-refractivity contribution >= 4 is 17.7 Å². The summed E-state index contributed by atoms with van der Waals surface area (Å²) in [6, 6.07) is 13.7. The Kier molecular flexibility index (Phi) is 6.13. The first kappa shape index (κ1) is 19.0. The van der Waals surface area contributed by atoms with Crippen LogP contribution in [0.3, 0.4) is 0 Å². The van der Waals surface area contributed by atoms with E-state index in [4.69, 9.17) is 0 Å². The van der Waals surface area contributed by atoms with Crippen LogP contribution in [0.2, 0.25) is 0 Å². The lowest BCUT2D eigenvalue weighted by atomic mass is 10.2. The summed E-state index contributed by atoms with van der Waals surface area (Å²) in [5.41, 5.74) is 2.30. The number of carbonyl (C=O) groups excluding carboxylic acids is 1. The zero-order valence-corrected chi connectivity index (χ0v) is 15.4. The minimum absolute atomic E-state index is 0.149. The van der Waals surface area contributed by atoms with Crippen LogP contribution in [-0.2, 0) is 11.3 Å². The third kappa shape index (κ3) is 5.59. The summed E-state index contributed by atoms with van der Waals surface area (Å²) >= 11 is 1.30. The molecule has 0 saturated heterocycles. The van der Waals surface area contributed by atoms with Gasteiger partial charge in [-0.3, -0.25) is 4.79 Å². The van der Waals surface area contributed by atoms with Crippen molar-refractivity contribution in [2.75, 3.05) is 5.75 Å². The van der Waals surface area contributed by atoms with Crippen molar-refractivity contribution in [2.24, 2.45) is 0 Å². The average molecular weight is 385 g/mol. The molecule has 0 aliphatic carbocycles. The number of nitrogens with zero attached hydrogens (tertiary/aromatic N) is 2. The Bertz CT molecular complexity index is 931. The number of amides is 1. The van der Waals surface area contributed by atoms with E-state index in [-0.39, 0.29) is 23.3 Å². The Balaban J connectivity index is 1.59. The molecule has 1 N–H and O–H groups in total. The predicted octanol–water partition coefficient (Wildman–Crippen LogP) is 4.14. The minimum Gasteiger partial charge on any atom is -0.351 e. The summed E-state index contributed by atoms with van der Waals surface area (Å²) in [7, 11) is 0. The molecule has 7 heteroatoms. The van der Waals surface area contributed by atoms with Gasteiger partial charge in [-0.15, -0.1) is 0 Å². The van der Waals surface area contributed by atoms with Gasteiger partial charge < -0.3 is 5.32 Å². The molecule has 0 spiro atoms. The van der Waals surface area contributed by atoms with Gasteiger partial charge in [-0.1, -0.05) is 23.9 Å². The van der Waals surface area contributed by atoms with Gasteiger partial charge in [0.05, 0.1) is 5.75 Å². The van der Waals surface area contributed by atoms with Gasteiger partial charge in [0, 0.05) is 17.8 Å². The Morgan fingerprint density at radius 1 is 1.00 bits per heavy atom. The van der Waals surface area contributed by atoms with Gasteiger partial charge in [-0.25, -0.2) is 18.7 Å². The van der Waals surface area contributed by atoms with Crippen molar-refractivity contribution < 1.29 is 13.6 Å². The number of hydrogen-bond acceptors (Lipinski definition) is 4. The maximum absolute atomic E-state index is 13.1. The van der Waals surface area contributed by atoms with E-state index in [0.29, 0.717) is 23.0 Å². The second-order valence-electron chi connectivity index (χ2n) is 5.87. The molecule has 0 saturated carbocycles. The average Bonchev–Trinajstić information content (AvgIpc) is 2.66. The maximum Gasteiger partial charge on any atom is 0.230 e. The number of halogens is 2. The summed E-state index contributed by atoms with van der Waals surface area (Å²) in [5, 5.41) is 3.45. The molecular formula is C20H17F2N3OS. The third-order valence-corrected chi connectivity index (χ3v) is 4.60. The lowest BCUT2D eigenvalue weighted by Crippen LogP contribution is -2.24. The number of aromatic nitrogens is 2. The molecule has 0 atom stereocenters. The molecule has 3 rings (SSSR count). The predicted molar refractivity (Wildman–Crippen MR) is 101 cm³/mol. The number of carbonyl (C=O) groups is 1. The Morgan fingerprint density at radius 3 is 2.30 bits per heavy atom. The van der Waals surface area contributed by atoms with Crippen molar-refractivity contribution in [3.8, 4) is 11.4 Å². The van der Waals surface area contributed by atoms with Crippen molar-refractivity contribution in [3.63, 3.8) is 0 Å². The van der Waals surface area contributed by atoms with Crippen LogP contribution in [-0.4, -0.2) is 21.6 Å². The first-order chi connectivity index (χ1) is 13.0. The molecule has 0 unspecified atom stereocenters. The molecule has 0 aliphatic heterocycles. The summed E-state index contributed by atoms with van der Waals surface area (Å²) in [6.45, 7) is 2.18. The highest BCUT2D eigenvalue weighted by molar-refractivity contribution is 7.99. The highest BCUT2D eigenvalue weighted by Gasteiger charge is 2.08. The van der Waals surface area contributed by atoms with E-state index in [1.54, 1.807) is 30.3 Å². The van der Waals surface area contributed by atoms with Gasteiger partial charge in [-0.05, 0) is 55.0 Å². The molecule has 4 nitrogen and oxygen atoms in total. The van der Waals surface area contributed by atoms with Crippen LogP contribution >= 0.6 is 11.8 Å². The van der Waals surface area contributed by atoms with Crippen LogP contribution in [0.5, 0.6) is 0 Å². The van der Waals surface area contributed by atoms with E-state index in [1.807, 2.05) is 6.92 Å². The molecule has 1 heterocycles. The zero-order chi connectivity index (χ0) is 19.2. The number of nitrogens with one attached hydrogen (secondary N) is 1. The number of rotatable bonds is 6. The molecule has 2 aromatic carbocycles. The molecule has 0 aliphatic rings. The van der Waals surface area contributed by atoms with E-state index >= 15 is 0 Å². The highest BCUT2D eigenvalue weighted by atomic mass is 32.2. The number of thioether (sulfide) groups is 1. The van der Waals surface area contributed by atoms with Gasteiger partial charge in [0.1, 0.15) is 16.7 Å². The fourth-order valence-corrected chi connectivity index (χ4v) is 3.12. The SMILES string of the molecule is Cc1cc(SCC(=O)NCc2ccc(F)cc2)nc(-c2ccc(F)cc2)n1. The topological polar surface area (TPSA) is 54.9 Å². The third-order valence-electron chi connectivity index (χ3n) is 3.69. The molecule has 1 amide bonds. The highest BCUT2D eigenvalue weighted by Crippen LogP contribution is 2.21. The van der Waals surface area contributed by atoms with E-state index in [1.165, 1.54) is 36.0 Å². The summed E-state index contributed by atoms with van der Waals surface area (Å²) in [5.74, 6) is -0.0933. The van der Waals surface area contributed by atoms with Crippen molar-refractivity contribution in [1.82, 2.24) is 15.3 Å². The monoisotopic (exact) mass is 385 g/mol. The van der Waals surface area contributed by atoms with Crippen LogP contribution < -0.4 is 5.32 Å². The first-order valence-corrected chi connectivity index (χ1v) is 9.24. The first-order valence-electron chi connectivity index (χ1n) is 8.25. The zero-order valence-electron chi connectivity index (χ0n) is 14.6. The molecule has 0 fully saturated rings. The van der Waals surface area contributed by atoms with Gasteiger partial charge >= 0.3 is 0 Å². The summed E-state index contributed by atoms with van der Waals surface area (Å²) in [4.78, 5) is 20.8. The quantitative estimate of drug-likeness (QED) is 0.512. The molecule has 3 aromatic rings. The van der Waals surface area contributed by atoms with Crippen molar-refractivity contribution in [2.45, 2.75) is 18.5 Å². The molecule has 0 radical (unpaired) electrons. The van der Waals surface area contributed by atoms with Crippen LogP contribution in [0.15, 0.2) is 59.6 Å². The lowest BCUT2D eigenvalue weighted by Gasteiger charge is -2.07. The van der Waals surface area contributed by atoms with Gasteiger partial charge in [0.2, 0.25) is 5.91 Å². The van der Waals surface area contributed by atoms with E-state index in [0.717, 1.165) is 11.3 Å². The van der Waals surface area contributed by atoms with Crippen LogP contribution in [0, 0.1) is 18.6 Å². The second kappa shape index (κ2) is 8.73. The smallest absolute Gasteiger partial charge is 0.230 e. The van der Waals surface area contributed by atoms with E-state index in [9.17, 15) is 13.6 Å². The fraction of sp³-hybridized carbons (Fsp3) is 0.150. The van der Waals surface area contributed by atoms with Crippen LogP contribution in [0.25, 0.3) is 11.4 Å². The number of aryl methyl sites for hydroxylation is 1. The van der Waals surface area contributed by atoms with Crippen LogP contribution in [0.4, 0.5) is 8.78 Å². The van der Waals surface area contributed by atoms with E-state index in [2.05, 4.69) is 15.3 Å². The number of benzene rings is 2. The largest absolute Gasteiger partial charge is 0.351 e. The molecule has 0 bridgehead atoms. The van der Waals surface area contributed by atoms with Gasteiger partial charge in [0.25, 0.3) is 0 Å². The summed E-state index contributed by atoms with van der Waals surface area (Å²) < 4.78 is 26.0. The standard InChI is InChI=1S/C20H17F2N3OS/c1-13-10-19(25-20(24-13)15-4-8-17(22)9-5-15)27-12-18(26)23-11-14-2-6-16(21)7-3-14/h2-10H,11-12H2,1H3,(H,23,26). The Labute approximate surface area is 160 Å². The minimum atomic E-state index is -0.321. The van der Waals surface area contributed by atoms with Crippen molar-refractivity contribution in [3.05, 3.63) is 77.5 Å². The molecular weight excluding hydrogens is 368 g/mol. The van der Waals surface area contributed by atoms with Crippen LogP contribution in [0.1, 0.15) is 11.3 Å². The van der Waals surface area contributed by atoms with Gasteiger partial charge in [-0.2, -0.15) is 0 Å². The molecule has 1 aromatic heterocycles. The second-order valence-corrected chi connectivity index (χ2v) is 6.87. The Morgan fingerprint density at radius 2 is 1.63 bits per heavy atom. The normalized spacial score (nSPS) is 10.6. The number of hydrogen-bond donors (Lipinski definition) is 1. The van der Waals surface area contributed by atoms with E-state index < -0.39 is 0 Å². The van der Waals surface area contributed by atoms with Crippen molar-refractivity contribution in [1.29, 1.82) is 0 Å². The molecule has 27 heavy (non-hydrogen) atoms. The molecule has 138 valence electrons. The van der Waals surface area contributed by atoms with Gasteiger partial charge in [0.15, 0.2) is 5.82 Å². The maximum atomic E-state index is 13.1. The lowest BCUT2D eigenvalue weighted by molar-refractivity contribution is -0.118. The Hall–Kier alpha value is -2.80. The summed E-state index contributed by atoms with van der Waals surface area (Å²) in [6.07, 6.45) is 0.